The van der Waals surface area contributed by atoms with Crippen LogP contribution in [-0.2, 0) is 26.8 Å². The Bertz CT molecular complexity index is 839. The smallest absolute Gasteiger partial charge is 0.239 e. The molecule has 0 bridgehead atoms. The average Bonchev–Trinajstić information content (AvgIpc) is 2.54. The zero-order chi connectivity index (χ0) is 19.4. The zero-order valence-corrected chi connectivity index (χ0v) is 16.5. The van der Waals surface area contributed by atoms with Gasteiger partial charge in [0.05, 0.1) is 12.8 Å². The Balaban J connectivity index is 2.05. The first-order chi connectivity index (χ1) is 12.1. The number of carbonyl (C=O) groups excluding carboxylic acids is 1. The van der Waals surface area contributed by atoms with Crippen LogP contribution >= 0.6 is 0 Å². The van der Waals surface area contributed by atoms with Gasteiger partial charge in [-0.05, 0) is 28.7 Å². The van der Waals surface area contributed by atoms with Crippen LogP contribution in [0, 0.1) is 0 Å². The van der Waals surface area contributed by atoms with Crippen molar-refractivity contribution in [3.8, 4) is 0 Å². The predicted molar refractivity (Wildman–Crippen MR) is 105 cm³/mol. The predicted octanol–water partition coefficient (Wildman–Crippen LogP) is 3.38. The first kappa shape index (κ1) is 20.1. The second kappa shape index (κ2) is 8.01. The molecule has 0 aromatic heterocycles. The van der Waals surface area contributed by atoms with Gasteiger partial charge < -0.3 is 5.32 Å². The normalized spacial score (nSPS) is 12.2. The molecule has 0 aliphatic carbocycles. The molecule has 0 spiro atoms. The minimum absolute atomic E-state index is 0.0330. The van der Waals surface area contributed by atoms with E-state index in [1.165, 1.54) is 4.31 Å². The maximum Gasteiger partial charge on any atom is 0.239 e. The molecule has 6 heteroatoms. The summed E-state index contributed by atoms with van der Waals surface area (Å²) in [5, 5.41) is 2.76. The lowest BCUT2D eigenvalue weighted by Crippen LogP contribution is -2.36. The summed E-state index contributed by atoms with van der Waals surface area (Å²) in [6, 6.07) is 16.8. The Morgan fingerprint density at radius 3 is 2.08 bits per heavy atom. The summed E-state index contributed by atoms with van der Waals surface area (Å²) in [6.45, 7) is 6.29. The Morgan fingerprint density at radius 1 is 1.00 bits per heavy atom. The molecule has 1 N–H and O–H groups in total. The molecule has 1 amide bonds. The van der Waals surface area contributed by atoms with Gasteiger partial charge in [-0.1, -0.05) is 63.2 Å². The molecule has 0 fully saturated rings. The van der Waals surface area contributed by atoms with Crippen molar-refractivity contribution < 1.29 is 13.2 Å². The molecular weight excluding hydrogens is 348 g/mol. The van der Waals surface area contributed by atoms with E-state index in [0.717, 1.165) is 17.4 Å². The summed E-state index contributed by atoms with van der Waals surface area (Å²) in [5.74, 6) is -0.366. The lowest BCUT2D eigenvalue weighted by molar-refractivity contribution is -0.116. The third-order valence-corrected chi connectivity index (χ3v) is 5.22. The Labute approximate surface area is 156 Å². The quantitative estimate of drug-likeness (QED) is 0.843. The van der Waals surface area contributed by atoms with Gasteiger partial charge >= 0.3 is 0 Å². The molecule has 26 heavy (non-hydrogen) atoms. The molecule has 140 valence electrons. The summed E-state index contributed by atoms with van der Waals surface area (Å²) in [5.41, 5.74) is 2.68. The van der Waals surface area contributed by atoms with E-state index in [0.29, 0.717) is 5.69 Å². The highest BCUT2D eigenvalue weighted by Crippen LogP contribution is 2.23. The number of nitrogens with one attached hydrogen (secondary N) is 1. The molecule has 0 saturated carbocycles. The van der Waals surface area contributed by atoms with Gasteiger partial charge in [-0.15, -0.1) is 0 Å². The van der Waals surface area contributed by atoms with Crippen molar-refractivity contribution in [3.63, 3.8) is 0 Å². The average molecular weight is 375 g/mol. The fourth-order valence-corrected chi connectivity index (χ4v) is 3.23. The van der Waals surface area contributed by atoms with Gasteiger partial charge in [0.2, 0.25) is 15.9 Å². The van der Waals surface area contributed by atoms with Gasteiger partial charge in [0, 0.05) is 12.2 Å². The first-order valence-corrected chi connectivity index (χ1v) is 10.3. The SMILES string of the molecule is CC(C)(C)c1ccc(NC(=O)CN(Cc2ccccc2)S(C)(=O)=O)cc1. The standard InChI is InChI=1S/C20H26N2O3S/c1-20(2,3)17-10-12-18(13-11-17)21-19(23)15-22(26(4,24)25)14-16-8-6-5-7-9-16/h5-13H,14-15H2,1-4H3,(H,21,23). The van der Waals surface area contributed by atoms with Crippen LogP contribution in [0.5, 0.6) is 0 Å². The number of carbonyl (C=O) groups is 1. The summed E-state index contributed by atoms with van der Waals surface area (Å²) >= 11 is 0. The van der Waals surface area contributed by atoms with Crippen molar-refractivity contribution in [2.24, 2.45) is 0 Å². The van der Waals surface area contributed by atoms with E-state index in [2.05, 4.69) is 26.1 Å². The third kappa shape index (κ3) is 5.97. The fourth-order valence-electron chi connectivity index (χ4n) is 2.49. The number of amides is 1. The Hall–Kier alpha value is -2.18. The van der Waals surface area contributed by atoms with E-state index < -0.39 is 10.0 Å². The van der Waals surface area contributed by atoms with Gasteiger partial charge in [-0.2, -0.15) is 4.31 Å². The number of benzene rings is 2. The van der Waals surface area contributed by atoms with E-state index in [-0.39, 0.29) is 24.4 Å². The molecule has 0 unspecified atom stereocenters. The van der Waals surface area contributed by atoms with Gasteiger partial charge in [0.1, 0.15) is 0 Å². The number of rotatable bonds is 6. The maximum atomic E-state index is 12.3. The van der Waals surface area contributed by atoms with Crippen LogP contribution in [0.15, 0.2) is 54.6 Å². The number of hydrogen-bond donors (Lipinski definition) is 1. The van der Waals surface area contributed by atoms with Crippen LogP contribution in [0.3, 0.4) is 0 Å². The molecule has 2 aromatic carbocycles. The molecular formula is C20H26N2O3S. The molecule has 2 rings (SSSR count). The molecule has 0 radical (unpaired) electrons. The van der Waals surface area contributed by atoms with Crippen molar-refractivity contribution in [1.82, 2.24) is 4.31 Å². The second-order valence-corrected chi connectivity index (χ2v) is 9.37. The van der Waals surface area contributed by atoms with Crippen LogP contribution in [0.25, 0.3) is 0 Å². The summed E-state index contributed by atoms with van der Waals surface area (Å²) in [4.78, 5) is 12.3. The van der Waals surface area contributed by atoms with Crippen molar-refractivity contribution >= 4 is 21.6 Å². The number of anilines is 1. The van der Waals surface area contributed by atoms with Crippen LogP contribution in [0.4, 0.5) is 5.69 Å². The van der Waals surface area contributed by atoms with E-state index in [9.17, 15) is 13.2 Å². The molecule has 0 aliphatic heterocycles. The minimum Gasteiger partial charge on any atom is -0.325 e. The lowest BCUT2D eigenvalue weighted by atomic mass is 9.87. The number of sulfonamides is 1. The van der Waals surface area contributed by atoms with E-state index in [4.69, 9.17) is 0 Å². The molecule has 0 aliphatic rings. The van der Waals surface area contributed by atoms with Crippen LogP contribution in [0.2, 0.25) is 0 Å². The fraction of sp³-hybridized carbons (Fsp3) is 0.350. The highest BCUT2D eigenvalue weighted by Gasteiger charge is 2.21. The summed E-state index contributed by atoms with van der Waals surface area (Å²) in [6.07, 6.45) is 1.11. The topological polar surface area (TPSA) is 66.5 Å². The zero-order valence-electron chi connectivity index (χ0n) is 15.7. The maximum absolute atomic E-state index is 12.3. The van der Waals surface area contributed by atoms with Crippen LogP contribution in [-0.4, -0.2) is 31.4 Å². The van der Waals surface area contributed by atoms with Crippen molar-refractivity contribution in [2.75, 3.05) is 18.1 Å². The lowest BCUT2D eigenvalue weighted by Gasteiger charge is -2.21. The van der Waals surface area contributed by atoms with E-state index in [1.807, 2.05) is 54.6 Å². The van der Waals surface area contributed by atoms with E-state index >= 15 is 0 Å². The van der Waals surface area contributed by atoms with Crippen molar-refractivity contribution in [3.05, 3.63) is 65.7 Å². The number of hydrogen-bond acceptors (Lipinski definition) is 3. The first-order valence-electron chi connectivity index (χ1n) is 8.45. The largest absolute Gasteiger partial charge is 0.325 e. The van der Waals surface area contributed by atoms with E-state index in [1.54, 1.807) is 0 Å². The second-order valence-electron chi connectivity index (χ2n) is 7.39. The Kier molecular flexibility index (Phi) is 6.21. The van der Waals surface area contributed by atoms with Crippen LogP contribution < -0.4 is 5.32 Å². The van der Waals surface area contributed by atoms with Crippen molar-refractivity contribution in [1.29, 1.82) is 0 Å². The van der Waals surface area contributed by atoms with Gasteiger partial charge in [0.15, 0.2) is 0 Å². The van der Waals surface area contributed by atoms with Crippen molar-refractivity contribution in [2.45, 2.75) is 32.7 Å². The van der Waals surface area contributed by atoms with Gasteiger partial charge in [-0.25, -0.2) is 8.42 Å². The highest BCUT2D eigenvalue weighted by molar-refractivity contribution is 7.88. The monoisotopic (exact) mass is 374 g/mol. The summed E-state index contributed by atoms with van der Waals surface area (Å²) < 4.78 is 25.2. The molecule has 0 saturated heterocycles. The number of nitrogens with zero attached hydrogens (tertiary/aromatic N) is 1. The molecule has 0 atom stereocenters. The van der Waals surface area contributed by atoms with Gasteiger partial charge in [-0.3, -0.25) is 4.79 Å². The molecule has 5 nitrogen and oxygen atoms in total. The molecule has 0 heterocycles. The Morgan fingerprint density at radius 2 is 1.58 bits per heavy atom. The summed E-state index contributed by atoms with van der Waals surface area (Å²) in [7, 11) is -3.50. The van der Waals surface area contributed by atoms with Crippen LogP contribution in [0.1, 0.15) is 31.9 Å². The highest BCUT2D eigenvalue weighted by atomic mass is 32.2. The minimum atomic E-state index is -3.50. The van der Waals surface area contributed by atoms with Gasteiger partial charge in [0.25, 0.3) is 0 Å². The molecule has 2 aromatic rings. The third-order valence-electron chi connectivity index (χ3n) is 4.03.